The topological polar surface area (TPSA) is 76.9 Å². The lowest BCUT2D eigenvalue weighted by atomic mass is 10.2. The van der Waals surface area contributed by atoms with Crippen molar-refractivity contribution in [3.63, 3.8) is 0 Å². The van der Waals surface area contributed by atoms with Gasteiger partial charge in [-0.1, -0.05) is 29.0 Å². The molecule has 4 aromatic rings. The third kappa shape index (κ3) is 3.45. The second kappa shape index (κ2) is 6.47. The van der Waals surface area contributed by atoms with Crippen molar-refractivity contribution in [3.05, 3.63) is 65.5 Å². The molecule has 6 nitrogen and oxygen atoms in total. The first kappa shape index (κ1) is 17.7. The molecule has 0 atom stereocenters. The molecule has 27 heavy (non-hydrogen) atoms. The van der Waals surface area contributed by atoms with Crippen molar-refractivity contribution < 1.29 is 8.42 Å². The van der Waals surface area contributed by atoms with Crippen LogP contribution in [0.5, 0.6) is 0 Å². The Morgan fingerprint density at radius 1 is 1.00 bits per heavy atom. The number of thiazole rings is 1. The van der Waals surface area contributed by atoms with Gasteiger partial charge in [0.2, 0.25) is 5.13 Å². The summed E-state index contributed by atoms with van der Waals surface area (Å²) in [5.41, 5.74) is 4.25. The van der Waals surface area contributed by atoms with E-state index in [2.05, 4.69) is 14.8 Å². The summed E-state index contributed by atoms with van der Waals surface area (Å²) in [4.78, 5) is 4.79. The Balaban J connectivity index is 1.70. The van der Waals surface area contributed by atoms with Crippen LogP contribution in [-0.4, -0.2) is 23.2 Å². The predicted octanol–water partition coefficient (Wildman–Crippen LogP) is 4.21. The van der Waals surface area contributed by atoms with E-state index in [4.69, 9.17) is 0 Å². The van der Waals surface area contributed by atoms with Crippen LogP contribution in [0.15, 0.2) is 53.4 Å². The highest BCUT2D eigenvalue weighted by atomic mass is 32.2. The van der Waals surface area contributed by atoms with Crippen LogP contribution in [0, 0.1) is 20.8 Å². The van der Waals surface area contributed by atoms with Gasteiger partial charge in [-0.2, -0.15) is 5.10 Å². The molecule has 0 spiro atoms. The van der Waals surface area contributed by atoms with Gasteiger partial charge in [-0.15, -0.1) is 0 Å². The summed E-state index contributed by atoms with van der Waals surface area (Å²) in [5.74, 6) is 0. The zero-order valence-corrected chi connectivity index (χ0v) is 16.7. The molecule has 0 bridgehead atoms. The van der Waals surface area contributed by atoms with E-state index in [9.17, 15) is 8.42 Å². The summed E-state index contributed by atoms with van der Waals surface area (Å²) >= 11 is 1.41. The first-order valence-corrected chi connectivity index (χ1v) is 10.7. The summed E-state index contributed by atoms with van der Waals surface area (Å²) < 4.78 is 30.6. The SMILES string of the molecule is Cc1ccc(NS(=O)(=O)c2ccc3nc(-n4nc(C)cc4C)sc3c2)cc1. The zero-order chi connectivity index (χ0) is 19.2. The molecule has 0 amide bonds. The van der Waals surface area contributed by atoms with Gasteiger partial charge < -0.3 is 0 Å². The largest absolute Gasteiger partial charge is 0.280 e. The third-order valence-corrected chi connectivity index (χ3v) is 6.53. The first-order valence-electron chi connectivity index (χ1n) is 8.35. The second-order valence-electron chi connectivity index (χ2n) is 6.44. The van der Waals surface area contributed by atoms with Crippen LogP contribution in [-0.2, 0) is 10.0 Å². The molecular formula is C19H18N4O2S2. The summed E-state index contributed by atoms with van der Waals surface area (Å²) in [7, 11) is -3.67. The van der Waals surface area contributed by atoms with Crippen LogP contribution in [0.25, 0.3) is 15.3 Å². The molecule has 0 radical (unpaired) electrons. The molecule has 0 aliphatic heterocycles. The molecule has 0 aliphatic rings. The van der Waals surface area contributed by atoms with Gasteiger partial charge in [0.1, 0.15) is 0 Å². The summed E-state index contributed by atoms with van der Waals surface area (Å²) in [6.45, 7) is 5.85. The van der Waals surface area contributed by atoms with Crippen LogP contribution >= 0.6 is 11.3 Å². The van der Waals surface area contributed by atoms with Gasteiger partial charge in [0.15, 0.2) is 0 Å². The molecule has 0 saturated heterocycles. The Kier molecular flexibility index (Phi) is 4.24. The highest BCUT2D eigenvalue weighted by Crippen LogP contribution is 2.28. The molecule has 2 aromatic carbocycles. The lowest BCUT2D eigenvalue weighted by Gasteiger charge is -2.08. The van der Waals surface area contributed by atoms with Crippen LogP contribution in [0.4, 0.5) is 5.69 Å². The molecule has 138 valence electrons. The number of hydrogen-bond donors (Lipinski definition) is 1. The van der Waals surface area contributed by atoms with Gasteiger partial charge in [0, 0.05) is 11.4 Å². The van der Waals surface area contributed by atoms with Crippen molar-refractivity contribution in [2.45, 2.75) is 25.7 Å². The monoisotopic (exact) mass is 398 g/mol. The van der Waals surface area contributed by atoms with E-state index in [0.717, 1.165) is 32.3 Å². The Bertz CT molecular complexity index is 1240. The van der Waals surface area contributed by atoms with E-state index < -0.39 is 10.0 Å². The number of nitrogens with one attached hydrogen (secondary N) is 1. The minimum atomic E-state index is -3.67. The predicted molar refractivity (Wildman–Crippen MR) is 108 cm³/mol. The van der Waals surface area contributed by atoms with E-state index in [0.29, 0.717) is 5.69 Å². The van der Waals surface area contributed by atoms with Crippen LogP contribution < -0.4 is 4.72 Å². The summed E-state index contributed by atoms with van der Waals surface area (Å²) in [6, 6.07) is 14.2. The Morgan fingerprint density at radius 2 is 1.74 bits per heavy atom. The van der Waals surface area contributed by atoms with Gasteiger partial charge in [-0.05, 0) is 57.2 Å². The molecule has 0 saturated carbocycles. The maximum absolute atomic E-state index is 12.7. The maximum Gasteiger partial charge on any atom is 0.261 e. The van der Waals surface area contributed by atoms with Gasteiger partial charge >= 0.3 is 0 Å². The van der Waals surface area contributed by atoms with Crippen molar-refractivity contribution in [1.82, 2.24) is 14.8 Å². The smallest absolute Gasteiger partial charge is 0.261 e. The van der Waals surface area contributed by atoms with Gasteiger partial charge in [0.25, 0.3) is 10.0 Å². The molecule has 1 N–H and O–H groups in total. The Labute approximate surface area is 161 Å². The van der Waals surface area contributed by atoms with Crippen molar-refractivity contribution in [1.29, 1.82) is 0 Å². The average molecular weight is 399 g/mol. The number of aryl methyl sites for hydroxylation is 3. The number of fused-ring (bicyclic) bond motifs is 1. The van der Waals surface area contributed by atoms with Gasteiger partial charge in [-0.3, -0.25) is 4.72 Å². The molecule has 8 heteroatoms. The highest BCUT2D eigenvalue weighted by molar-refractivity contribution is 7.92. The quantitative estimate of drug-likeness (QED) is 0.559. The minimum absolute atomic E-state index is 0.208. The van der Waals surface area contributed by atoms with Gasteiger partial charge in [-0.25, -0.2) is 18.1 Å². The van der Waals surface area contributed by atoms with Gasteiger partial charge in [0.05, 0.1) is 20.8 Å². The maximum atomic E-state index is 12.7. The summed E-state index contributed by atoms with van der Waals surface area (Å²) in [5, 5.41) is 5.16. The normalized spacial score (nSPS) is 11.8. The highest BCUT2D eigenvalue weighted by Gasteiger charge is 2.17. The molecule has 2 aromatic heterocycles. The zero-order valence-electron chi connectivity index (χ0n) is 15.1. The average Bonchev–Trinajstić information content (AvgIpc) is 3.18. The molecule has 4 rings (SSSR count). The van der Waals surface area contributed by atoms with Crippen LogP contribution in [0.3, 0.4) is 0 Å². The van der Waals surface area contributed by atoms with E-state index in [1.807, 2.05) is 39.0 Å². The number of benzene rings is 2. The molecule has 0 unspecified atom stereocenters. The second-order valence-corrected chi connectivity index (χ2v) is 9.13. The van der Waals surface area contributed by atoms with E-state index in [1.165, 1.54) is 11.3 Å². The molecular weight excluding hydrogens is 380 g/mol. The molecule has 2 heterocycles. The third-order valence-electron chi connectivity index (χ3n) is 4.15. The van der Waals surface area contributed by atoms with Crippen molar-refractivity contribution in [2.75, 3.05) is 4.72 Å². The van der Waals surface area contributed by atoms with Crippen molar-refractivity contribution in [2.24, 2.45) is 0 Å². The van der Waals surface area contributed by atoms with E-state index >= 15 is 0 Å². The van der Waals surface area contributed by atoms with E-state index in [-0.39, 0.29) is 4.90 Å². The first-order chi connectivity index (χ1) is 12.8. The lowest BCUT2D eigenvalue weighted by molar-refractivity contribution is 0.601. The number of sulfonamides is 1. The van der Waals surface area contributed by atoms with Crippen molar-refractivity contribution >= 4 is 37.3 Å². The van der Waals surface area contributed by atoms with E-state index in [1.54, 1.807) is 35.0 Å². The number of anilines is 1. The summed E-state index contributed by atoms with van der Waals surface area (Å²) in [6.07, 6.45) is 0. The number of hydrogen-bond acceptors (Lipinski definition) is 5. The van der Waals surface area contributed by atoms with Crippen LogP contribution in [0.2, 0.25) is 0 Å². The fourth-order valence-corrected chi connectivity index (χ4v) is 4.98. The molecule has 0 aliphatic carbocycles. The number of rotatable bonds is 4. The molecule has 0 fully saturated rings. The standard InChI is InChI=1S/C19H18N4O2S2/c1-12-4-6-15(7-5-12)22-27(24,25)16-8-9-17-18(11-16)26-19(20-17)23-14(3)10-13(2)21-23/h4-11,22H,1-3H3. The Hall–Kier alpha value is -2.71. The minimum Gasteiger partial charge on any atom is -0.280 e. The van der Waals surface area contributed by atoms with Crippen LogP contribution in [0.1, 0.15) is 17.0 Å². The fourth-order valence-electron chi connectivity index (χ4n) is 2.81. The lowest BCUT2D eigenvalue weighted by Crippen LogP contribution is -2.12. The van der Waals surface area contributed by atoms with Crippen molar-refractivity contribution in [3.8, 4) is 5.13 Å². The number of nitrogens with zero attached hydrogens (tertiary/aromatic N) is 3. The Morgan fingerprint density at radius 3 is 2.41 bits per heavy atom. The fraction of sp³-hybridized carbons (Fsp3) is 0.158. The number of aromatic nitrogens is 3.